The summed E-state index contributed by atoms with van der Waals surface area (Å²) in [5.74, 6) is 0.0112. The number of hydrogen-bond donors (Lipinski definition) is 1. The number of nitrogens with two attached hydrogens (primary N) is 1. The summed E-state index contributed by atoms with van der Waals surface area (Å²) in [6.45, 7) is 4.03. The van der Waals surface area contributed by atoms with Gasteiger partial charge in [-0.2, -0.15) is 0 Å². The fourth-order valence-electron chi connectivity index (χ4n) is 1.30. The Morgan fingerprint density at radius 3 is 2.86 bits per heavy atom. The Morgan fingerprint density at radius 2 is 2.21 bits per heavy atom. The van der Waals surface area contributed by atoms with E-state index in [9.17, 15) is 4.39 Å². The first-order valence-electron chi connectivity index (χ1n) is 4.85. The topological polar surface area (TPSA) is 35.2 Å². The molecular weight excluding hydrogens is 181 g/mol. The highest BCUT2D eigenvalue weighted by molar-refractivity contribution is 5.53. The second-order valence-electron chi connectivity index (χ2n) is 3.37. The van der Waals surface area contributed by atoms with Crippen molar-refractivity contribution < 1.29 is 9.13 Å². The molecule has 0 aliphatic carbocycles. The SMILES string of the molecule is CCCC(C)Oc1cccc(F)c1N. The van der Waals surface area contributed by atoms with Crippen LogP contribution in [0.3, 0.4) is 0 Å². The molecule has 0 aliphatic heterocycles. The number of rotatable bonds is 4. The predicted molar refractivity (Wildman–Crippen MR) is 55.8 cm³/mol. The Morgan fingerprint density at radius 1 is 1.50 bits per heavy atom. The molecular formula is C11H16FNO. The number of ether oxygens (including phenoxy) is 1. The average molecular weight is 197 g/mol. The number of halogens is 1. The number of benzene rings is 1. The normalized spacial score (nSPS) is 12.5. The fourth-order valence-corrected chi connectivity index (χ4v) is 1.30. The molecule has 1 rings (SSSR count). The zero-order valence-corrected chi connectivity index (χ0v) is 8.59. The van der Waals surface area contributed by atoms with Gasteiger partial charge in [-0.3, -0.25) is 0 Å². The molecule has 0 radical (unpaired) electrons. The van der Waals surface area contributed by atoms with E-state index in [2.05, 4.69) is 6.92 Å². The lowest BCUT2D eigenvalue weighted by atomic mass is 10.2. The molecule has 1 aromatic rings. The lowest BCUT2D eigenvalue weighted by Gasteiger charge is -2.15. The zero-order valence-electron chi connectivity index (χ0n) is 8.59. The quantitative estimate of drug-likeness (QED) is 0.753. The highest BCUT2D eigenvalue weighted by Crippen LogP contribution is 2.25. The lowest BCUT2D eigenvalue weighted by Crippen LogP contribution is -2.12. The highest BCUT2D eigenvalue weighted by atomic mass is 19.1. The van der Waals surface area contributed by atoms with Gasteiger partial charge in [0.1, 0.15) is 17.3 Å². The van der Waals surface area contributed by atoms with Crippen molar-refractivity contribution >= 4 is 5.69 Å². The van der Waals surface area contributed by atoms with E-state index in [1.54, 1.807) is 12.1 Å². The van der Waals surface area contributed by atoms with E-state index in [0.717, 1.165) is 12.8 Å². The van der Waals surface area contributed by atoms with Crippen molar-refractivity contribution in [1.29, 1.82) is 0 Å². The van der Waals surface area contributed by atoms with Crippen LogP contribution in [0.2, 0.25) is 0 Å². The summed E-state index contributed by atoms with van der Waals surface area (Å²) in [4.78, 5) is 0. The predicted octanol–water partition coefficient (Wildman–Crippen LogP) is 2.98. The van der Waals surface area contributed by atoms with Crippen LogP contribution in [0.5, 0.6) is 5.75 Å². The Balaban J connectivity index is 2.71. The summed E-state index contributed by atoms with van der Waals surface area (Å²) in [5, 5.41) is 0. The van der Waals surface area contributed by atoms with Crippen LogP contribution >= 0.6 is 0 Å². The van der Waals surface area contributed by atoms with Crippen LogP contribution in [0.1, 0.15) is 26.7 Å². The van der Waals surface area contributed by atoms with E-state index in [-0.39, 0.29) is 11.8 Å². The minimum Gasteiger partial charge on any atom is -0.488 e. The molecule has 2 N–H and O–H groups in total. The largest absolute Gasteiger partial charge is 0.488 e. The molecule has 0 saturated carbocycles. The first-order chi connectivity index (χ1) is 6.65. The number of nitrogen functional groups attached to an aromatic ring is 1. The van der Waals surface area contributed by atoms with E-state index in [1.807, 2.05) is 6.92 Å². The van der Waals surface area contributed by atoms with E-state index in [1.165, 1.54) is 6.07 Å². The second-order valence-corrected chi connectivity index (χ2v) is 3.37. The van der Waals surface area contributed by atoms with Gasteiger partial charge in [0, 0.05) is 0 Å². The van der Waals surface area contributed by atoms with E-state index in [0.29, 0.717) is 5.75 Å². The number of hydrogen-bond acceptors (Lipinski definition) is 2. The van der Waals surface area contributed by atoms with Gasteiger partial charge >= 0.3 is 0 Å². The van der Waals surface area contributed by atoms with Crippen molar-refractivity contribution in [2.24, 2.45) is 0 Å². The van der Waals surface area contributed by atoms with E-state index < -0.39 is 5.82 Å². The molecule has 0 bridgehead atoms. The van der Waals surface area contributed by atoms with Crippen LogP contribution in [0.4, 0.5) is 10.1 Å². The van der Waals surface area contributed by atoms with Gasteiger partial charge in [-0.15, -0.1) is 0 Å². The summed E-state index contributed by atoms with van der Waals surface area (Å²) in [7, 11) is 0. The molecule has 0 amide bonds. The van der Waals surface area contributed by atoms with Crippen molar-refractivity contribution in [2.75, 3.05) is 5.73 Å². The third kappa shape index (κ3) is 2.62. The Hall–Kier alpha value is -1.25. The maximum Gasteiger partial charge on any atom is 0.149 e. The molecule has 0 fully saturated rings. The third-order valence-electron chi connectivity index (χ3n) is 2.04. The molecule has 0 aromatic heterocycles. The smallest absolute Gasteiger partial charge is 0.149 e. The van der Waals surface area contributed by atoms with Gasteiger partial charge < -0.3 is 10.5 Å². The maximum absolute atomic E-state index is 13.0. The number of para-hydroxylation sites is 1. The minimum absolute atomic E-state index is 0.0732. The minimum atomic E-state index is -0.425. The second kappa shape index (κ2) is 4.84. The molecule has 2 nitrogen and oxygen atoms in total. The molecule has 78 valence electrons. The van der Waals surface area contributed by atoms with Crippen molar-refractivity contribution in [2.45, 2.75) is 32.8 Å². The van der Waals surface area contributed by atoms with Crippen molar-refractivity contribution in [3.63, 3.8) is 0 Å². The summed E-state index contributed by atoms with van der Waals surface area (Å²) in [6, 6.07) is 4.61. The Bertz CT molecular complexity index is 301. The van der Waals surface area contributed by atoms with E-state index in [4.69, 9.17) is 10.5 Å². The van der Waals surface area contributed by atoms with Gasteiger partial charge in [-0.1, -0.05) is 19.4 Å². The summed E-state index contributed by atoms with van der Waals surface area (Å²) < 4.78 is 18.5. The maximum atomic E-state index is 13.0. The number of anilines is 1. The van der Waals surface area contributed by atoms with Gasteiger partial charge in [-0.05, 0) is 25.5 Å². The average Bonchev–Trinajstić information content (AvgIpc) is 2.13. The van der Waals surface area contributed by atoms with Gasteiger partial charge in [0.25, 0.3) is 0 Å². The summed E-state index contributed by atoms with van der Waals surface area (Å²) in [6.07, 6.45) is 2.05. The Kier molecular flexibility index (Phi) is 3.74. The standard InChI is InChI=1S/C11H16FNO/c1-3-5-8(2)14-10-7-4-6-9(12)11(10)13/h4,6-8H,3,5,13H2,1-2H3. The van der Waals surface area contributed by atoms with Crippen molar-refractivity contribution in [3.8, 4) is 5.75 Å². The molecule has 0 saturated heterocycles. The third-order valence-corrected chi connectivity index (χ3v) is 2.04. The highest BCUT2D eigenvalue weighted by Gasteiger charge is 2.08. The summed E-state index contributed by atoms with van der Waals surface area (Å²) >= 11 is 0. The van der Waals surface area contributed by atoms with Gasteiger partial charge in [0.05, 0.1) is 6.10 Å². The summed E-state index contributed by atoms with van der Waals surface area (Å²) in [5.41, 5.74) is 5.62. The molecule has 1 aromatic carbocycles. The molecule has 0 heterocycles. The molecule has 1 unspecified atom stereocenters. The van der Waals surface area contributed by atoms with Gasteiger partial charge in [-0.25, -0.2) is 4.39 Å². The first-order valence-corrected chi connectivity index (χ1v) is 4.85. The lowest BCUT2D eigenvalue weighted by molar-refractivity contribution is 0.210. The Labute approximate surface area is 83.9 Å². The molecule has 0 spiro atoms. The van der Waals surface area contributed by atoms with Gasteiger partial charge in [0.2, 0.25) is 0 Å². The van der Waals surface area contributed by atoms with Crippen LogP contribution < -0.4 is 10.5 Å². The molecule has 0 aliphatic rings. The fraction of sp³-hybridized carbons (Fsp3) is 0.455. The van der Waals surface area contributed by atoms with E-state index >= 15 is 0 Å². The first kappa shape index (κ1) is 10.8. The molecule has 3 heteroatoms. The van der Waals surface area contributed by atoms with Crippen LogP contribution in [0.25, 0.3) is 0 Å². The molecule has 1 atom stereocenters. The van der Waals surface area contributed by atoms with Crippen molar-refractivity contribution in [3.05, 3.63) is 24.0 Å². The monoisotopic (exact) mass is 197 g/mol. The van der Waals surface area contributed by atoms with Crippen molar-refractivity contribution in [1.82, 2.24) is 0 Å². The van der Waals surface area contributed by atoms with Crippen LogP contribution in [-0.4, -0.2) is 6.10 Å². The van der Waals surface area contributed by atoms with Crippen LogP contribution in [-0.2, 0) is 0 Å². The molecule has 14 heavy (non-hydrogen) atoms. The van der Waals surface area contributed by atoms with Crippen LogP contribution in [0.15, 0.2) is 18.2 Å². The van der Waals surface area contributed by atoms with Gasteiger partial charge in [0.15, 0.2) is 0 Å². The van der Waals surface area contributed by atoms with Crippen LogP contribution in [0, 0.1) is 5.82 Å². The zero-order chi connectivity index (χ0) is 10.6.